The van der Waals surface area contributed by atoms with Gasteiger partial charge in [-0.3, -0.25) is 14.4 Å². The summed E-state index contributed by atoms with van der Waals surface area (Å²) >= 11 is 6.21. The third-order valence-electron chi connectivity index (χ3n) is 10.0. The van der Waals surface area contributed by atoms with Gasteiger partial charge in [-0.05, 0) is 75.2 Å². The summed E-state index contributed by atoms with van der Waals surface area (Å²) in [6, 6.07) is 17.8. The molecule has 0 aliphatic carbocycles. The topological polar surface area (TPSA) is 200 Å². The Hall–Kier alpha value is -5.05. The van der Waals surface area contributed by atoms with Crippen molar-refractivity contribution in [1.29, 1.82) is 0 Å². The van der Waals surface area contributed by atoms with Crippen LogP contribution in [-0.4, -0.2) is 126 Å². The van der Waals surface area contributed by atoms with Crippen molar-refractivity contribution in [3.8, 4) is 22.6 Å². The van der Waals surface area contributed by atoms with Gasteiger partial charge in [-0.2, -0.15) is 0 Å². The summed E-state index contributed by atoms with van der Waals surface area (Å²) in [6.45, 7) is 11.1. The number of halogens is 1. The fourth-order valence-electron chi connectivity index (χ4n) is 6.94. The normalized spacial score (nSPS) is 13.6. The third-order valence-corrected chi connectivity index (χ3v) is 11.9. The Morgan fingerprint density at radius 2 is 1.40 bits per heavy atom. The molecule has 3 aromatic carbocycles. The smallest absolute Gasteiger partial charge is 0.240 e. The van der Waals surface area contributed by atoms with Crippen molar-refractivity contribution < 1.29 is 46.2 Å². The Kier molecular flexibility index (Phi) is 17.4. The first-order valence-electron chi connectivity index (χ1n) is 20.6. The number of benzene rings is 3. The minimum Gasteiger partial charge on any atom is -0.497 e. The van der Waals surface area contributed by atoms with Crippen LogP contribution in [0.3, 0.4) is 0 Å². The van der Waals surface area contributed by atoms with Gasteiger partial charge in [0.15, 0.2) is 5.82 Å². The first-order chi connectivity index (χ1) is 30.5. The fraction of sp³-hybridized carbons (Fsp3) is 0.432. The second-order valence-corrected chi connectivity index (χ2v) is 16.7. The SMILES string of the molecule is COc1ccc2c(c1)C(c1ccc(Cl)cc1)=NC(CC(=O)NCCOCCOCCOCCOCCOCCNS(=O)(=O)c1cc(-c3c(C)noc3C)ccc1C)c1nnc(C)n1-2. The molecule has 6 rings (SSSR count). The summed E-state index contributed by atoms with van der Waals surface area (Å²) in [4.78, 5) is 18.5. The van der Waals surface area contributed by atoms with Gasteiger partial charge in [-0.15, -0.1) is 10.2 Å². The summed E-state index contributed by atoms with van der Waals surface area (Å²) in [5.74, 6) is 2.34. The average Bonchev–Trinajstić information content (AvgIpc) is 3.78. The maximum absolute atomic E-state index is 13.2. The number of methoxy groups -OCH3 is 1. The molecule has 0 fully saturated rings. The lowest BCUT2D eigenvalue weighted by Crippen LogP contribution is -2.29. The van der Waals surface area contributed by atoms with E-state index in [1.807, 2.05) is 66.9 Å². The molecule has 1 unspecified atom stereocenters. The molecular formula is C44H54ClN7O10S. The number of carbonyl (C=O) groups excluding carboxylic acids is 1. The Balaban J connectivity index is 0.796. The van der Waals surface area contributed by atoms with Gasteiger partial charge in [0.1, 0.15) is 23.4 Å². The van der Waals surface area contributed by atoms with E-state index in [-0.39, 0.29) is 30.4 Å². The number of hydrogen-bond donors (Lipinski definition) is 2. The van der Waals surface area contributed by atoms with E-state index in [9.17, 15) is 13.2 Å². The summed E-state index contributed by atoms with van der Waals surface area (Å²) in [5.41, 5.74) is 6.03. The summed E-state index contributed by atoms with van der Waals surface area (Å²) in [6.07, 6.45) is 0.0532. The van der Waals surface area contributed by atoms with Crippen LogP contribution in [0.4, 0.5) is 0 Å². The predicted octanol–water partition coefficient (Wildman–Crippen LogP) is 5.28. The fourth-order valence-corrected chi connectivity index (χ4v) is 8.34. The summed E-state index contributed by atoms with van der Waals surface area (Å²) in [5, 5.41) is 16.3. The molecule has 0 saturated heterocycles. The largest absolute Gasteiger partial charge is 0.497 e. The number of carbonyl (C=O) groups is 1. The van der Waals surface area contributed by atoms with E-state index in [1.54, 1.807) is 33.1 Å². The molecule has 0 radical (unpaired) electrons. The van der Waals surface area contributed by atoms with Crippen molar-refractivity contribution in [2.45, 2.75) is 45.1 Å². The zero-order valence-corrected chi connectivity index (χ0v) is 37.7. The number of nitrogens with zero attached hydrogens (tertiary/aromatic N) is 5. The van der Waals surface area contributed by atoms with E-state index < -0.39 is 16.1 Å². The summed E-state index contributed by atoms with van der Waals surface area (Å²) < 4.78 is 69.2. The van der Waals surface area contributed by atoms with E-state index in [0.717, 1.165) is 27.9 Å². The van der Waals surface area contributed by atoms with Crippen molar-refractivity contribution in [2.24, 2.45) is 4.99 Å². The van der Waals surface area contributed by atoms with Crippen LogP contribution in [-0.2, 0) is 38.5 Å². The number of aliphatic imine (C=N–C) groups is 1. The van der Waals surface area contributed by atoms with Crippen LogP contribution in [0.2, 0.25) is 5.02 Å². The second kappa shape index (κ2) is 23.0. The Morgan fingerprint density at radius 1 is 0.778 bits per heavy atom. The molecule has 0 saturated carbocycles. The molecule has 17 nitrogen and oxygen atoms in total. The number of aryl methyl sites for hydroxylation is 4. The van der Waals surface area contributed by atoms with Crippen molar-refractivity contribution in [3.05, 3.63) is 105 Å². The molecule has 2 aromatic heterocycles. The maximum Gasteiger partial charge on any atom is 0.240 e. The standard InChI is InChI=1S/C44H54ClN7O10S/c1-29-6-7-34(42-30(2)51-62-31(42)3)26-40(29)63(54,55)47-15-17-58-19-21-60-23-25-61-24-22-59-20-18-57-16-14-46-41(53)28-38-44-50-49-32(4)52(44)39-13-12-36(56-5)27-37(39)43(48-38)33-8-10-35(45)11-9-33/h6-13,26-27,38,47H,14-25,28H2,1-5H3,(H,46,53). The molecule has 1 atom stereocenters. The molecule has 1 amide bonds. The van der Waals surface area contributed by atoms with Gasteiger partial charge in [0.05, 0.1) is 102 Å². The van der Waals surface area contributed by atoms with Gasteiger partial charge in [-0.1, -0.05) is 41.0 Å². The van der Waals surface area contributed by atoms with Gasteiger partial charge in [-0.25, -0.2) is 13.1 Å². The predicted molar refractivity (Wildman–Crippen MR) is 236 cm³/mol. The van der Waals surface area contributed by atoms with E-state index in [2.05, 4.69) is 25.4 Å². The molecule has 5 aromatic rings. The highest BCUT2D eigenvalue weighted by Gasteiger charge is 2.30. The van der Waals surface area contributed by atoms with Gasteiger partial charge in [0.25, 0.3) is 0 Å². The molecule has 19 heteroatoms. The monoisotopic (exact) mass is 907 g/mol. The summed E-state index contributed by atoms with van der Waals surface area (Å²) in [7, 11) is -2.14. The second-order valence-electron chi connectivity index (χ2n) is 14.5. The first kappa shape index (κ1) is 47.4. The van der Waals surface area contributed by atoms with E-state index >= 15 is 0 Å². The number of hydrogen-bond acceptors (Lipinski definition) is 14. The van der Waals surface area contributed by atoms with Crippen LogP contribution in [0.15, 0.2) is 75.1 Å². The highest BCUT2D eigenvalue weighted by Crippen LogP contribution is 2.35. The quantitative estimate of drug-likeness (QED) is 0.0718. The molecule has 3 heterocycles. The number of rotatable bonds is 25. The minimum atomic E-state index is -3.75. The molecular weight excluding hydrogens is 854 g/mol. The van der Waals surface area contributed by atoms with E-state index in [4.69, 9.17) is 49.5 Å². The van der Waals surface area contributed by atoms with Crippen LogP contribution in [0.25, 0.3) is 16.8 Å². The minimum absolute atomic E-state index is 0.0532. The van der Waals surface area contributed by atoms with Crippen LogP contribution < -0.4 is 14.8 Å². The lowest BCUT2D eigenvalue weighted by atomic mass is 10.00. The maximum atomic E-state index is 13.2. The lowest BCUT2D eigenvalue weighted by molar-refractivity contribution is -0.121. The Labute approximate surface area is 372 Å². The number of amides is 1. The molecule has 1 aliphatic heterocycles. The van der Waals surface area contributed by atoms with Gasteiger partial charge < -0.3 is 38.3 Å². The number of sulfonamides is 1. The van der Waals surface area contributed by atoms with Crippen LogP contribution in [0.1, 0.15) is 52.3 Å². The van der Waals surface area contributed by atoms with Gasteiger partial charge in [0.2, 0.25) is 15.9 Å². The number of ether oxygens (including phenoxy) is 6. The van der Waals surface area contributed by atoms with Crippen molar-refractivity contribution in [2.75, 3.05) is 86.3 Å². The van der Waals surface area contributed by atoms with Crippen molar-refractivity contribution in [3.63, 3.8) is 0 Å². The van der Waals surface area contributed by atoms with Gasteiger partial charge in [0, 0.05) is 34.8 Å². The molecule has 1 aliphatic rings. The van der Waals surface area contributed by atoms with Crippen LogP contribution >= 0.6 is 11.6 Å². The molecule has 0 bridgehead atoms. The zero-order valence-electron chi connectivity index (χ0n) is 36.1. The Bertz CT molecular complexity index is 2420. The number of nitrogens with one attached hydrogen (secondary N) is 2. The molecule has 0 spiro atoms. The van der Waals surface area contributed by atoms with E-state index in [0.29, 0.717) is 111 Å². The van der Waals surface area contributed by atoms with Gasteiger partial charge >= 0.3 is 0 Å². The van der Waals surface area contributed by atoms with Crippen LogP contribution in [0, 0.1) is 27.7 Å². The van der Waals surface area contributed by atoms with E-state index in [1.165, 1.54) is 0 Å². The zero-order chi connectivity index (χ0) is 44.8. The molecule has 2 N–H and O–H groups in total. The highest BCUT2D eigenvalue weighted by molar-refractivity contribution is 7.89. The first-order valence-corrected chi connectivity index (χ1v) is 22.5. The lowest BCUT2D eigenvalue weighted by Gasteiger charge is -2.14. The highest BCUT2D eigenvalue weighted by atomic mass is 35.5. The average molecular weight is 908 g/mol. The number of fused-ring (bicyclic) bond motifs is 3. The Morgan fingerprint density at radius 3 is 2.02 bits per heavy atom. The van der Waals surface area contributed by atoms with Crippen LogP contribution in [0.5, 0.6) is 5.75 Å². The van der Waals surface area contributed by atoms with Crippen molar-refractivity contribution in [1.82, 2.24) is 30.0 Å². The molecule has 338 valence electrons. The third kappa shape index (κ3) is 12.8. The number of aromatic nitrogens is 4. The van der Waals surface area contributed by atoms with Crippen molar-refractivity contribution >= 4 is 33.2 Å². The molecule has 63 heavy (non-hydrogen) atoms.